The number of carbonyl (C=O) groups is 1. The highest BCUT2D eigenvalue weighted by Crippen LogP contribution is 2.21. The Morgan fingerprint density at radius 3 is 2.79 bits per heavy atom. The molecule has 0 fully saturated rings. The molecule has 6 nitrogen and oxygen atoms in total. The predicted molar refractivity (Wildman–Crippen MR) is 71.7 cm³/mol. The maximum atomic E-state index is 11.0. The van der Waals surface area contributed by atoms with Crippen molar-refractivity contribution in [2.75, 3.05) is 5.73 Å². The number of hydrogen-bond donors (Lipinski definition) is 2. The molecule has 19 heavy (non-hydrogen) atoms. The Hall–Kier alpha value is -2.37. The highest BCUT2D eigenvalue weighted by atomic mass is 16.4. The molecule has 0 saturated heterocycles. The average Bonchev–Trinajstić information content (AvgIpc) is 2.76. The third-order valence-corrected chi connectivity index (χ3v) is 2.67. The first-order chi connectivity index (χ1) is 8.97. The number of nitrogens with zero attached hydrogens (tertiary/aromatic N) is 3. The van der Waals surface area contributed by atoms with Gasteiger partial charge in [0.25, 0.3) is 0 Å². The van der Waals surface area contributed by atoms with Gasteiger partial charge in [-0.3, -0.25) is 4.68 Å². The Balaban J connectivity index is 2.34. The van der Waals surface area contributed by atoms with Gasteiger partial charge in [-0.2, -0.15) is 5.10 Å². The molecule has 0 unspecified atom stereocenters. The van der Waals surface area contributed by atoms with Crippen LogP contribution in [0.1, 0.15) is 24.2 Å². The van der Waals surface area contributed by atoms with E-state index in [1.807, 2.05) is 10.9 Å². The fourth-order valence-corrected chi connectivity index (χ4v) is 1.79. The van der Waals surface area contributed by atoms with Crippen LogP contribution in [0, 0.1) is 5.92 Å². The number of rotatable bonds is 4. The summed E-state index contributed by atoms with van der Waals surface area (Å²) in [7, 11) is 0. The van der Waals surface area contributed by atoms with E-state index in [1.165, 1.54) is 6.07 Å². The summed E-state index contributed by atoms with van der Waals surface area (Å²) in [5, 5.41) is 13.3. The van der Waals surface area contributed by atoms with Gasteiger partial charge in [0.15, 0.2) is 0 Å². The Morgan fingerprint density at radius 1 is 1.42 bits per heavy atom. The molecule has 2 aromatic rings. The summed E-state index contributed by atoms with van der Waals surface area (Å²) < 4.78 is 1.83. The third-order valence-electron chi connectivity index (χ3n) is 2.67. The van der Waals surface area contributed by atoms with Crippen molar-refractivity contribution in [2.24, 2.45) is 5.92 Å². The van der Waals surface area contributed by atoms with E-state index in [1.54, 1.807) is 12.4 Å². The first-order valence-corrected chi connectivity index (χ1v) is 5.99. The fourth-order valence-electron chi connectivity index (χ4n) is 1.79. The van der Waals surface area contributed by atoms with E-state index < -0.39 is 5.97 Å². The molecule has 0 amide bonds. The zero-order chi connectivity index (χ0) is 14.0. The quantitative estimate of drug-likeness (QED) is 0.875. The van der Waals surface area contributed by atoms with Gasteiger partial charge < -0.3 is 10.8 Å². The minimum absolute atomic E-state index is 0.00843. The van der Waals surface area contributed by atoms with Crippen LogP contribution in [0.4, 0.5) is 5.82 Å². The van der Waals surface area contributed by atoms with Gasteiger partial charge in [-0.1, -0.05) is 13.8 Å². The summed E-state index contributed by atoms with van der Waals surface area (Å²) >= 11 is 0. The van der Waals surface area contributed by atoms with Gasteiger partial charge in [0.05, 0.1) is 6.20 Å². The molecule has 0 aromatic carbocycles. The molecule has 2 rings (SSSR count). The van der Waals surface area contributed by atoms with Crippen LogP contribution in [-0.2, 0) is 6.54 Å². The van der Waals surface area contributed by atoms with E-state index in [9.17, 15) is 4.79 Å². The molecule has 2 aromatic heterocycles. The summed E-state index contributed by atoms with van der Waals surface area (Å²) in [5.74, 6) is -0.570. The predicted octanol–water partition coefficient (Wildman–Crippen LogP) is 1.88. The van der Waals surface area contributed by atoms with Crippen molar-refractivity contribution < 1.29 is 9.90 Å². The van der Waals surface area contributed by atoms with E-state index >= 15 is 0 Å². The van der Waals surface area contributed by atoms with Gasteiger partial charge in [-0.05, 0) is 12.0 Å². The summed E-state index contributed by atoms with van der Waals surface area (Å²) in [5.41, 5.74) is 7.06. The second-order valence-corrected chi connectivity index (χ2v) is 4.81. The maximum absolute atomic E-state index is 11.0. The van der Waals surface area contributed by atoms with Crippen LogP contribution < -0.4 is 5.73 Å². The van der Waals surface area contributed by atoms with Crippen LogP contribution in [0.2, 0.25) is 0 Å². The molecule has 0 saturated carbocycles. The van der Waals surface area contributed by atoms with Crippen molar-refractivity contribution in [3.63, 3.8) is 0 Å². The van der Waals surface area contributed by atoms with Crippen molar-refractivity contribution >= 4 is 11.8 Å². The van der Waals surface area contributed by atoms with Crippen molar-refractivity contribution in [1.29, 1.82) is 0 Å². The molecule has 6 heteroatoms. The molecule has 0 atom stereocenters. The van der Waals surface area contributed by atoms with Gasteiger partial charge >= 0.3 is 5.97 Å². The van der Waals surface area contributed by atoms with Crippen LogP contribution >= 0.6 is 0 Å². The molecule has 0 spiro atoms. The zero-order valence-electron chi connectivity index (χ0n) is 10.9. The zero-order valence-corrected chi connectivity index (χ0v) is 10.9. The van der Waals surface area contributed by atoms with Crippen LogP contribution in [0.25, 0.3) is 11.1 Å². The lowest BCUT2D eigenvalue weighted by atomic mass is 10.1. The standard InChI is InChI=1S/C13H16N4O2/c1-8(2)6-17-7-10(5-16-17)9-3-11(13(18)19)12(14)15-4-9/h3-5,7-8H,6H2,1-2H3,(H2,14,15)(H,18,19). The second-order valence-electron chi connectivity index (χ2n) is 4.81. The van der Waals surface area contributed by atoms with Crippen LogP contribution in [0.3, 0.4) is 0 Å². The smallest absolute Gasteiger partial charge is 0.339 e. The molecule has 3 N–H and O–H groups in total. The fraction of sp³-hybridized carbons (Fsp3) is 0.308. The lowest BCUT2D eigenvalue weighted by molar-refractivity contribution is 0.0697. The molecule has 0 aliphatic rings. The number of nitrogen functional groups attached to an aromatic ring is 1. The number of anilines is 1. The van der Waals surface area contributed by atoms with Crippen molar-refractivity contribution in [1.82, 2.24) is 14.8 Å². The third kappa shape index (κ3) is 2.90. The molecular formula is C13H16N4O2. The maximum Gasteiger partial charge on any atom is 0.339 e. The average molecular weight is 260 g/mol. The van der Waals surface area contributed by atoms with E-state index in [-0.39, 0.29) is 11.4 Å². The first-order valence-electron chi connectivity index (χ1n) is 5.99. The van der Waals surface area contributed by atoms with Gasteiger partial charge in [-0.25, -0.2) is 9.78 Å². The summed E-state index contributed by atoms with van der Waals surface area (Å²) in [6.07, 6.45) is 5.12. The van der Waals surface area contributed by atoms with E-state index in [4.69, 9.17) is 10.8 Å². The summed E-state index contributed by atoms with van der Waals surface area (Å²) in [6, 6.07) is 1.52. The van der Waals surface area contributed by atoms with Crippen LogP contribution in [-0.4, -0.2) is 25.8 Å². The SMILES string of the molecule is CC(C)Cn1cc(-c2cnc(N)c(C(=O)O)c2)cn1. The lowest BCUT2D eigenvalue weighted by Gasteiger charge is -2.04. The molecule has 0 aliphatic heterocycles. The van der Waals surface area contributed by atoms with Gasteiger partial charge in [0, 0.05) is 30.1 Å². The van der Waals surface area contributed by atoms with E-state index in [0.717, 1.165) is 12.1 Å². The molecule has 2 heterocycles. The lowest BCUT2D eigenvalue weighted by Crippen LogP contribution is -2.05. The van der Waals surface area contributed by atoms with Crippen molar-refractivity contribution in [3.05, 3.63) is 30.2 Å². The van der Waals surface area contributed by atoms with Gasteiger partial charge in [0.1, 0.15) is 11.4 Å². The monoisotopic (exact) mass is 260 g/mol. The highest BCUT2D eigenvalue weighted by molar-refractivity contribution is 5.94. The molecule has 0 bridgehead atoms. The number of aromatic carboxylic acids is 1. The summed E-state index contributed by atoms with van der Waals surface area (Å²) in [4.78, 5) is 14.9. The highest BCUT2D eigenvalue weighted by Gasteiger charge is 2.12. The Bertz CT molecular complexity index is 604. The Labute approximate surface area is 110 Å². The molecular weight excluding hydrogens is 244 g/mol. The number of carboxylic acids is 1. The minimum atomic E-state index is -1.08. The van der Waals surface area contributed by atoms with Gasteiger partial charge in [0.2, 0.25) is 0 Å². The Kier molecular flexibility index (Phi) is 3.50. The largest absolute Gasteiger partial charge is 0.478 e. The van der Waals surface area contributed by atoms with Crippen molar-refractivity contribution in [3.8, 4) is 11.1 Å². The topological polar surface area (TPSA) is 94.0 Å². The number of hydrogen-bond acceptors (Lipinski definition) is 4. The molecule has 100 valence electrons. The Morgan fingerprint density at radius 2 is 2.16 bits per heavy atom. The van der Waals surface area contributed by atoms with Crippen LogP contribution in [0.5, 0.6) is 0 Å². The normalized spacial score (nSPS) is 10.9. The van der Waals surface area contributed by atoms with Crippen molar-refractivity contribution in [2.45, 2.75) is 20.4 Å². The number of aromatic nitrogens is 3. The first kappa shape index (κ1) is 13.1. The number of pyridine rings is 1. The summed E-state index contributed by atoms with van der Waals surface area (Å²) in [6.45, 7) is 5.03. The second kappa shape index (κ2) is 5.09. The molecule has 0 radical (unpaired) electrons. The van der Waals surface area contributed by atoms with Crippen LogP contribution in [0.15, 0.2) is 24.7 Å². The van der Waals surface area contributed by atoms with E-state index in [0.29, 0.717) is 11.5 Å². The van der Waals surface area contributed by atoms with Gasteiger partial charge in [-0.15, -0.1) is 0 Å². The van der Waals surface area contributed by atoms with E-state index in [2.05, 4.69) is 23.9 Å². The minimum Gasteiger partial charge on any atom is -0.478 e. The molecule has 0 aliphatic carbocycles. The number of nitrogens with two attached hydrogens (primary N) is 1. The number of carboxylic acid groups (broad SMARTS) is 1.